The molecule has 1 aromatic rings. The van der Waals surface area contributed by atoms with Crippen molar-refractivity contribution in [1.29, 1.82) is 0 Å². The van der Waals surface area contributed by atoms with Gasteiger partial charge in [0.2, 0.25) is 5.91 Å². The van der Waals surface area contributed by atoms with Crippen LogP contribution in [0, 0.1) is 11.6 Å². The molecule has 2 atom stereocenters. The SMILES string of the molecule is C[C@H](OC(=O)[C@H]1CCC(=O)N1)C(=O)Nc1cc(F)ccc1F. The van der Waals surface area contributed by atoms with Gasteiger partial charge in [-0.05, 0) is 25.5 Å². The fourth-order valence-corrected chi connectivity index (χ4v) is 1.93. The molecule has 8 heteroatoms. The number of ether oxygens (including phenoxy) is 1. The highest BCUT2D eigenvalue weighted by atomic mass is 19.1. The topological polar surface area (TPSA) is 84.5 Å². The molecule has 2 N–H and O–H groups in total. The van der Waals surface area contributed by atoms with Gasteiger partial charge < -0.3 is 15.4 Å². The third kappa shape index (κ3) is 3.78. The molecule has 0 radical (unpaired) electrons. The average Bonchev–Trinajstić information content (AvgIpc) is 2.89. The molecule has 0 aliphatic carbocycles. The first kappa shape index (κ1) is 15.9. The van der Waals surface area contributed by atoms with Crippen LogP contribution in [0.1, 0.15) is 19.8 Å². The van der Waals surface area contributed by atoms with Crippen LogP contribution in [-0.4, -0.2) is 29.9 Å². The number of rotatable bonds is 4. The predicted molar refractivity (Wildman–Crippen MR) is 71.7 cm³/mol. The zero-order valence-electron chi connectivity index (χ0n) is 11.7. The Hall–Kier alpha value is -2.51. The van der Waals surface area contributed by atoms with E-state index in [2.05, 4.69) is 10.6 Å². The normalized spacial score (nSPS) is 18.5. The summed E-state index contributed by atoms with van der Waals surface area (Å²) in [5.41, 5.74) is -0.345. The molecular formula is C14H14F2N2O4. The minimum absolute atomic E-state index is 0.217. The first-order valence-electron chi connectivity index (χ1n) is 6.62. The summed E-state index contributed by atoms with van der Waals surface area (Å²) in [6.07, 6.45) is -0.702. The highest BCUT2D eigenvalue weighted by Crippen LogP contribution is 2.16. The average molecular weight is 312 g/mol. The van der Waals surface area contributed by atoms with E-state index in [0.717, 1.165) is 18.2 Å². The van der Waals surface area contributed by atoms with Crippen LogP contribution in [-0.2, 0) is 19.1 Å². The van der Waals surface area contributed by atoms with Crippen LogP contribution in [0.4, 0.5) is 14.5 Å². The molecule has 0 spiro atoms. The second-order valence-corrected chi connectivity index (χ2v) is 4.85. The maximum Gasteiger partial charge on any atom is 0.329 e. The second-order valence-electron chi connectivity index (χ2n) is 4.85. The number of benzene rings is 1. The molecule has 118 valence electrons. The van der Waals surface area contributed by atoms with Gasteiger partial charge in [-0.1, -0.05) is 0 Å². The molecule has 0 bridgehead atoms. The van der Waals surface area contributed by atoms with Crippen molar-refractivity contribution in [3.8, 4) is 0 Å². The molecule has 2 amide bonds. The Morgan fingerprint density at radius 1 is 1.41 bits per heavy atom. The molecule has 1 saturated heterocycles. The Kier molecular flexibility index (Phi) is 4.69. The number of amides is 2. The molecule has 1 aromatic carbocycles. The van der Waals surface area contributed by atoms with Gasteiger partial charge in [-0.25, -0.2) is 13.6 Å². The van der Waals surface area contributed by atoms with E-state index in [-0.39, 0.29) is 18.0 Å². The third-order valence-corrected chi connectivity index (χ3v) is 3.13. The van der Waals surface area contributed by atoms with Crippen LogP contribution in [0.15, 0.2) is 18.2 Å². The number of hydrogen-bond donors (Lipinski definition) is 2. The van der Waals surface area contributed by atoms with Crippen molar-refractivity contribution in [3.05, 3.63) is 29.8 Å². The van der Waals surface area contributed by atoms with Crippen LogP contribution >= 0.6 is 0 Å². The van der Waals surface area contributed by atoms with E-state index in [4.69, 9.17) is 4.74 Å². The lowest BCUT2D eigenvalue weighted by Gasteiger charge is -2.16. The van der Waals surface area contributed by atoms with Gasteiger partial charge in [0.25, 0.3) is 5.91 Å². The highest BCUT2D eigenvalue weighted by Gasteiger charge is 2.31. The van der Waals surface area contributed by atoms with Crippen LogP contribution < -0.4 is 10.6 Å². The number of halogens is 2. The van der Waals surface area contributed by atoms with Gasteiger partial charge in [0.05, 0.1) is 5.69 Å². The van der Waals surface area contributed by atoms with E-state index < -0.39 is 35.7 Å². The van der Waals surface area contributed by atoms with E-state index in [0.29, 0.717) is 6.42 Å². The lowest BCUT2D eigenvalue weighted by atomic mass is 10.2. The van der Waals surface area contributed by atoms with Crippen LogP contribution in [0.2, 0.25) is 0 Å². The minimum atomic E-state index is -1.22. The van der Waals surface area contributed by atoms with E-state index >= 15 is 0 Å². The molecule has 0 unspecified atom stereocenters. The van der Waals surface area contributed by atoms with Gasteiger partial charge in [0, 0.05) is 12.5 Å². The Morgan fingerprint density at radius 2 is 2.14 bits per heavy atom. The van der Waals surface area contributed by atoms with Gasteiger partial charge >= 0.3 is 5.97 Å². The Balaban J connectivity index is 1.93. The lowest BCUT2D eigenvalue weighted by Crippen LogP contribution is -2.39. The molecule has 1 heterocycles. The van der Waals surface area contributed by atoms with Crippen molar-refractivity contribution in [1.82, 2.24) is 5.32 Å². The van der Waals surface area contributed by atoms with Crippen molar-refractivity contribution in [2.24, 2.45) is 0 Å². The fourth-order valence-electron chi connectivity index (χ4n) is 1.93. The Bertz CT molecular complexity index is 621. The Labute approximate surface area is 124 Å². The first-order chi connectivity index (χ1) is 10.4. The largest absolute Gasteiger partial charge is 0.451 e. The number of anilines is 1. The molecule has 0 aromatic heterocycles. The van der Waals surface area contributed by atoms with E-state index in [1.54, 1.807) is 0 Å². The molecule has 1 aliphatic heterocycles. The quantitative estimate of drug-likeness (QED) is 0.816. The smallest absolute Gasteiger partial charge is 0.329 e. The van der Waals surface area contributed by atoms with Crippen LogP contribution in [0.25, 0.3) is 0 Å². The number of hydrogen-bond acceptors (Lipinski definition) is 4. The molecule has 0 saturated carbocycles. The highest BCUT2D eigenvalue weighted by molar-refractivity contribution is 5.96. The monoisotopic (exact) mass is 312 g/mol. The molecule has 2 rings (SSSR count). The number of carbonyl (C=O) groups is 3. The summed E-state index contributed by atoms with van der Waals surface area (Å²) in [5, 5.41) is 4.55. The van der Waals surface area contributed by atoms with Crippen LogP contribution in [0.5, 0.6) is 0 Å². The summed E-state index contributed by atoms with van der Waals surface area (Å²) >= 11 is 0. The molecule has 1 fully saturated rings. The number of carbonyl (C=O) groups excluding carboxylic acids is 3. The maximum atomic E-state index is 13.4. The van der Waals surface area contributed by atoms with Gasteiger partial charge in [0.15, 0.2) is 6.10 Å². The van der Waals surface area contributed by atoms with Gasteiger partial charge in [0.1, 0.15) is 17.7 Å². The molecular weight excluding hydrogens is 298 g/mol. The van der Waals surface area contributed by atoms with Gasteiger partial charge in [-0.3, -0.25) is 9.59 Å². The van der Waals surface area contributed by atoms with E-state index in [1.165, 1.54) is 6.92 Å². The van der Waals surface area contributed by atoms with Crippen molar-refractivity contribution in [3.63, 3.8) is 0 Å². The standard InChI is InChI=1S/C14H14F2N2O4/c1-7(22-14(21)10-4-5-12(19)17-10)13(20)18-11-6-8(15)2-3-9(11)16/h2-3,6-7,10H,4-5H2,1H3,(H,17,19)(H,18,20)/t7-,10+/m0/s1. The summed E-state index contributed by atoms with van der Waals surface area (Å²) in [6.45, 7) is 1.29. The second kappa shape index (κ2) is 6.50. The summed E-state index contributed by atoms with van der Waals surface area (Å²) in [4.78, 5) is 34.6. The van der Waals surface area contributed by atoms with Crippen molar-refractivity contribution in [2.75, 3.05) is 5.32 Å². The Morgan fingerprint density at radius 3 is 2.77 bits per heavy atom. The van der Waals surface area contributed by atoms with Crippen LogP contribution in [0.3, 0.4) is 0 Å². The summed E-state index contributed by atoms with van der Waals surface area (Å²) in [6, 6.07) is 1.82. The summed E-state index contributed by atoms with van der Waals surface area (Å²) in [7, 11) is 0. The summed E-state index contributed by atoms with van der Waals surface area (Å²) in [5.74, 6) is -3.33. The van der Waals surface area contributed by atoms with Crippen molar-refractivity contribution in [2.45, 2.75) is 31.9 Å². The number of nitrogens with one attached hydrogen (secondary N) is 2. The van der Waals surface area contributed by atoms with Crippen molar-refractivity contribution >= 4 is 23.5 Å². The number of esters is 1. The fraction of sp³-hybridized carbons (Fsp3) is 0.357. The van der Waals surface area contributed by atoms with Crippen molar-refractivity contribution < 1.29 is 27.9 Å². The third-order valence-electron chi connectivity index (χ3n) is 3.13. The zero-order chi connectivity index (χ0) is 16.3. The predicted octanol–water partition coefficient (Wildman–Crippen LogP) is 1.11. The maximum absolute atomic E-state index is 13.4. The molecule has 1 aliphatic rings. The van der Waals surface area contributed by atoms with E-state index in [1.807, 2.05) is 0 Å². The molecule has 6 nitrogen and oxygen atoms in total. The lowest BCUT2D eigenvalue weighted by molar-refractivity contribution is -0.155. The summed E-state index contributed by atoms with van der Waals surface area (Å²) < 4.78 is 31.3. The van der Waals surface area contributed by atoms with E-state index in [9.17, 15) is 23.2 Å². The van der Waals surface area contributed by atoms with Gasteiger partial charge in [-0.15, -0.1) is 0 Å². The molecule has 22 heavy (non-hydrogen) atoms. The zero-order valence-corrected chi connectivity index (χ0v) is 11.7. The first-order valence-corrected chi connectivity index (χ1v) is 6.62. The minimum Gasteiger partial charge on any atom is -0.451 e. The van der Waals surface area contributed by atoms with Gasteiger partial charge in [-0.2, -0.15) is 0 Å².